The molecule has 1 amide bonds. The summed E-state index contributed by atoms with van der Waals surface area (Å²) in [6.07, 6.45) is 3.45. The number of hydrogen-bond acceptors (Lipinski definition) is 4. The average molecular weight is 502 g/mol. The van der Waals surface area contributed by atoms with Gasteiger partial charge < -0.3 is 19.9 Å². The number of aliphatic hydroxyl groups is 1. The number of amides is 1. The van der Waals surface area contributed by atoms with Gasteiger partial charge in [-0.15, -0.1) is 0 Å². The lowest BCUT2D eigenvalue weighted by molar-refractivity contribution is -0.166. The van der Waals surface area contributed by atoms with Gasteiger partial charge in [-0.2, -0.15) is 0 Å². The summed E-state index contributed by atoms with van der Waals surface area (Å²) < 4.78 is 25.4. The number of allylic oxidation sites excluding steroid dienone is 1. The molecule has 5 rings (SSSR count). The van der Waals surface area contributed by atoms with E-state index >= 15 is 0 Å². The predicted octanol–water partition coefficient (Wildman–Crippen LogP) is 5.46. The van der Waals surface area contributed by atoms with Gasteiger partial charge in [0.2, 0.25) is 6.29 Å². The summed E-state index contributed by atoms with van der Waals surface area (Å²) >= 11 is 0. The maximum Gasteiger partial charge on any atom is 0.286 e. The van der Waals surface area contributed by atoms with E-state index in [1.165, 1.54) is 34.4 Å². The minimum Gasteiger partial charge on any atom is -0.459 e. The number of rotatable bonds is 9. The lowest BCUT2D eigenvalue weighted by Crippen LogP contribution is -2.39. The van der Waals surface area contributed by atoms with E-state index in [0.717, 1.165) is 17.5 Å². The van der Waals surface area contributed by atoms with Crippen molar-refractivity contribution in [3.63, 3.8) is 0 Å². The van der Waals surface area contributed by atoms with Crippen LogP contribution in [0.4, 0.5) is 4.39 Å². The van der Waals surface area contributed by atoms with Gasteiger partial charge in [0.1, 0.15) is 5.82 Å². The zero-order valence-corrected chi connectivity index (χ0v) is 21.0. The van der Waals surface area contributed by atoms with Crippen molar-refractivity contribution in [1.82, 2.24) is 5.32 Å². The number of hydrogen-bond donors (Lipinski definition) is 2. The van der Waals surface area contributed by atoms with E-state index in [1.807, 2.05) is 13.0 Å². The van der Waals surface area contributed by atoms with Crippen LogP contribution in [0.5, 0.6) is 0 Å². The van der Waals surface area contributed by atoms with E-state index < -0.39 is 6.29 Å². The highest BCUT2D eigenvalue weighted by molar-refractivity contribution is 5.91. The van der Waals surface area contributed by atoms with Gasteiger partial charge in [0.25, 0.3) is 5.91 Å². The molecule has 2 N–H and O–H groups in total. The molecule has 0 aromatic heterocycles. The third kappa shape index (κ3) is 5.31. The van der Waals surface area contributed by atoms with Crippen LogP contribution < -0.4 is 5.32 Å². The van der Waals surface area contributed by atoms with Gasteiger partial charge in [-0.05, 0) is 77.8 Å². The van der Waals surface area contributed by atoms with Crippen molar-refractivity contribution in [3.05, 3.63) is 107 Å². The second-order valence-corrected chi connectivity index (χ2v) is 9.54. The van der Waals surface area contributed by atoms with E-state index in [0.29, 0.717) is 19.4 Å². The number of carbonyl (C=O) groups excluding carboxylic acids is 1. The van der Waals surface area contributed by atoms with Crippen LogP contribution in [-0.4, -0.2) is 30.5 Å². The van der Waals surface area contributed by atoms with E-state index in [2.05, 4.69) is 47.8 Å². The Hall–Kier alpha value is -3.48. The molecule has 0 spiro atoms. The minimum atomic E-state index is -0.613. The minimum absolute atomic E-state index is 0.0593. The summed E-state index contributed by atoms with van der Waals surface area (Å²) in [5.41, 5.74) is 7.00. The molecule has 0 bridgehead atoms. The molecule has 0 fully saturated rings. The fraction of sp³-hybridized carbons (Fsp3) is 0.323. The average Bonchev–Trinajstić information content (AvgIpc) is 3.30. The lowest BCUT2D eigenvalue weighted by Gasteiger charge is -2.37. The normalized spacial score (nSPS) is 20.0. The van der Waals surface area contributed by atoms with Crippen LogP contribution in [-0.2, 0) is 27.2 Å². The Morgan fingerprint density at radius 1 is 1.08 bits per heavy atom. The molecule has 3 atom stereocenters. The van der Waals surface area contributed by atoms with Crippen LogP contribution in [0.3, 0.4) is 0 Å². The smallest absolute Gasteiger partial charge is 0.286 e. The van der Waals surface area contributed by atoms with Gasteiger partial charge in [-0.3, -0.25) is 4.79 Å². The van der Waals surface area contributed by atoms with Crippen molar-refractivity contribution in [3.8, 4) is 11.1 Å². The van der Waals surface area contributed by atoms with Crippen LogP contribution in [0.25, 0.3) is 11.1 Å². The molecule has 1 aliphatic heterocycles. The second-order valence-electron chi connectivity index (χ2n) is 9.54. The fourth-order valence-corrected chi connectivity index (χ4v) is 5.49. The highest BCUT2D eigenvalue weighted by atomic mass is 19.1. The summed E-state index contributed by atoms with van der Waals surface area (Å²) in [5.74, 6) is -0.611. The van der Waals surface area contributed by atoms with Crippen LogP contribution >= 0.6 is 0 Å². The van der Waals surface area contributed by atoms with E-state index in [-0.39, 0.29) is 42.5 Å². The molecule has 0 saturated carbocycles. The third-order valence-electron chi connectivity index (χ3n) is 7.25. The molecule has 37 heavy (non-hydrogen) atoms. The third-order valence-corrected chi connectivity index (χ3v) is 7.25. The SMILES string of the molecule is CCO[C@H]1OC(C(=O)NCc2ccc(F)cc2)=C[C@@H](c2cccc3c2Cc2ccccc2-3)[C@@H]1CCCO. The highest BCUT2D eigenvalue weighted by Crippen LogP contribution is 2.45. The molecule has 5 nitrogen and oxygen atoms in total. The molecule has 1 heterocycles. The molecule has 2 aliphatic rings. The summed E-state index contributed by atoms with van der Waals surface area (Å²) in [5, 5.41) is 12.5. The van der Waals surface area contributed by atoms with Crippen molar-refractivity contribution in [2.45, 2.75) is 44.9 Å². The van der Waals surface area contributed by atoms with Gasteiger partial charge in [0.05, 0.1) is 0 Å². The lowest BCUT2D eigenvalue weighted by atomic mass is 9.78. The molecular weight excluding hydrogens is 469 g/mol. The maximum atomic E-state index is 13.3. The largest absolute Gasteiger partial charge is 0.459 e. The van der Waals surface area contributed by atoms with Gasteiger partial charge in [-0.1, -0.05) is 54.6 Å². The Kier molecular flexibility index (Phi) is 7.68. The molecule has 192 valence electrons. The van der Waals surface area contributed by atoms with E-state index in [1.54, 1.807) is 12.1 Å². The standard InChI is InChI=1S/C31H32FNO4/c1-2-36-31-26(11-6-16-34)28(18-29(37-31)30(35)33-19-20-12-14-22(32)15-13-20)25-10-5-9-24-23-8-4-3-7-21(23)17-27(24)25/h3-5,7-10,12-15,18,26,28,31,34H,2,6,11,16-17,19H2,1H3,(H,33,35)/t26-,28-,31-/m0/s1. The summed E-state index contributed by atoms with van der Waals surface area (Å²) in [6.45, 7) is 2.68. The highest BCUT2D eigenvalue weighted by Gasteiger charge is 2.39. The van der Waals surface area contributed by atoms with Crippen molar-refractivity contribution < 1.29 is 23.8 Å². The van der Waals surface area contributed by atoms with Crippen LogP contribution in [0, 0.1) is 11.7 Å². The molecule has 0 radical (unpaired) electrons. The first-order chi connectivity index (χ1) is 18.1. The fourth-order valence-electron chi connectivity index (χ4n) is 5.49. The molecule has 3 aromatic carbocycles. The first kappa shape index (κ1) is 25.2. The van der Waals surface area contributed by atoms with Crippen molar-refractivity contribution in [1.29, 1.82) is 0 Å². The molecule has 1 aliphatic carbocycles. The topological polar surface area (TPSA) is 67.8 Å². The summed E-state index contributed by atoms with van der Waals surface area (Å²) in [7, 11) is 0. The molecule has 0 saturated heterocycles. The van der Waals surface area contributed by atoms with Crippen LogP contribution in [0.15, 0.2) is 78.6 Å². The van der Waals surface area contributed by atoms with Crippen LogP contribution in [0.2, 0.25) is 0 Å². The quantitative estimate of drug-likeness (QED) is 0.320. The summed E-state index contributed by atoms with van der Waals surface area (Å²) in [6, 6.07) is 20.9. The second kappa shape index (κ2) is 11.3. The monoisotopic (exact) mass is 501 g/mol. The Labute approximate surface area is 216 Å². The van der Waals surface area contributed by atoms with Gasteiger partial charge in [-0.25, -0.2) is 4.39 Å². The number of ether oxygens (including phenoxy) is 2. The first-order valence-electron chi connectivity index (χ1n) is 12.9. The number of benzene rings is 3. The predicted molar refractivity (Wildman–Crippen MR) is 140 cm³/mol. The Morgan fingerprint density at radius 3 is 2.65 bits per heavy atom. The number of aliphatic hydroxyl groups excluding tert-OH is 1. The van der Waals surface area contributed by atoms with Gasteiger partial charge >= 0.3 is 0 Å². The van der Waals surface area contributed by atoms with Crippen molar-refractivity contribution in [2.24, 2.45) is 5.92 Å². The molecular formula is C31H32FNO4. The van der Waals surface area contributed by atoms with Crippen LogP contribution in [0.1, 0.15) is 47.9 Å². The first-order valence-corrected chi connectivity index (χ1v) is 12.9. The maximum absolute atomic E-state index is 13.3. The van der Waals surface area contributed by atoms with Crippen molar-refractivity contribution >= 4 is 5.91 Å². The molecule has 0 unspecified atom stereocenters. The number of halogens is 1. The zero-order chi connectivity index (χ0) is 25.8. The Balaban J connectivity index is 1.49. The van der Waals surface area contributed by atoms with E-state index in [9.17, 15) is 14.3 Å². The number of fused-ring (bicyclic) bond motifs is 3. The summed E-state index contributed by atoms with van der Waals surface area (Å²) in [4.78, 5) is 13.2. The number of carbonyl (C=O) groups is 1. The Morgan fingerprint density at radius 2 is 1.86 bits per heavy atom. The zero-order valence-electron chi connectivity index (χ0n) is 21.0. The van der Waals surface area contributed by atoms with Gasteiger partial charge in [0.15, 0.2) is 5.76 Å². The van der Waals surface area contributed by atoms with Gasteiger partial charge in [0, 0.05) is 31.6 Å². The molecule has 3 aromatic rings. The van der Waals surface area contributed by atoms with Crippen molar-refractivity contribution in [2.75, 3.05) is 13.2 Å². The number of nitrogens with one attached hydrogen (secondary N) is 1. The molecule has 6 heteroatoms. The Bertz CT molecular complexity index is 1290. The van der Waals surface area contributed by atoms with E-state index in [4.69, 9.17) is 9.47 Å².